The second kappa shape index (κ2) is 15.9. The Balaban J connectivity index is 0.00000385. The van der Waals surface area contributed by atoms with Gasteiger partial charge in [-0.2, -0.15) is 0 Å². The minimum Gasteiger partial charge on any atom is -1.00 e. The van der Waals surface area contributed by atoms with Gasteiger partial charge in [0.25, 0.3) is 0 Å². The summed E-state index contributed by atoms with van der Waals surface area (Å²) in [6, 6.07) is 14.9. The standard InChI is InChI=1S/C29H35N3.2ClH.Co/c1-7-22-14-20(5)15-23(8-2)28(22)30-18-26-12-11-13-27(32-26)19-31-29-24(9-3)16-21(6)17-25(29)10-4;;;/h11-19H,7-10H2,1-6H3;2*1H;/q;;;+2/p-2. The van der Waals surface area contributed by atoms with Crippen molar-refractivity contribution in [3.05, 3.63) is 87.2 Å². The van der Waals surface area contributed by atoms with Crippen molar-refractivity contribution in [2.75, 3.05) is 0 Å². The second-order valence-corrected chi connectivity index (χ2v) is 8.28. The molecule has 3 nitrogen and oxygen atoms in total. The van der Waals surface area contributed by atoms with E-state index < -0.39 is 0 Å². The van der Waals surface area contributed by atoms with E-state index in [4.69, 9.17) is 15.0 Å². The van der Waals surface area contributed by atoms with Gasteiger partial charge in [0.15, 0.2) is 0 Å². The molecular formula is C29H35Cl2CoN3. The molecule has 0 unspecified atom stereocenters. The van der Waals surface area contributed by atoms with Crippen molar-refractivity contribution >= 4 is 23.8 Å². The van der Waals surface area contributed by atoms with Crippen molar-refractivity contribution in [2.45, 2.75) is 67.2 Å². The maximum absolute atomic E-state index is 4.85. The molecule has 0 spiro atoms. The van der Waals surface area contributed by atoms with Gasteiger partial charge in [-0.3, -0.25) is 9.98 Å². The van der Waals surface area contributed by atoms with Gasteiger partial charge in [0.2, 0.25) is 0 Å². The van der Waals surface area contributed by atoms with Crippen molar-refractivity contribution in [1.29, 1.82) is 0 Å². The molecular weight excluding hydrogens is 520 g/mol. The SMILES string of the molecule is CCc1cc(C)cc(CC)c1N=Cc1cccc(C=Nc2c(CC)cc(C)cc2CC)n1.[Cl-].[Cl-].[Co+2]. The molecule has 1 radical (unpaired) electrons. The summed E-state index contributed by atoms with van der Waals surface area (Å²) in [5, 5.41) is 0. The molecule has 0 atom stereocenters. The molecule has 0 aliphatic rings. The van der Waals surface area contributed by atoms with Gasteiger partial charge in [-0.05, 0) is 73.9 Å². The average molecular weight is 555 g/mol. The first-order chi connectivity index (χ1) is 15.5. The quantitative estimate of drug-likeness (QED) is 0.388. The summed E-state index contributed by atoms with van der Waals surface area (Å²) in [6.45, 7) is 13.0. The van der Waals surface area contributed by atoms with Gasteiger partial charge in [0, 0.05) is 0 Å². The van der Waals surface area contributed by atoms with Crippen LogP contribution in [0.15, 0.2) is 52.4 Å². The number of benzene rings is 2. The number of rotatable bonds is 8. The minimum absolute atomic E-state index is 0. The second-order valence-electron chi connectivity index (χ2n) is 8.28. The van der Waals surface area contributed by atoms with E-state index in [1.807, 2.05) is 30.6 Å². The topological polar surface area (TPSA) is 37.6 Å². The van der Waals surface area contributed by atoms with Crippen molar-refractivity contribution in [3.63, 3.8) is 0 Å². The van der Waals surface area contributed by atoms with Crippen molar-refractivity contribution in [3.8, 4) is 0 Å². The van der Waals surface area contributed by atoms with Gasteiger partial charge in [-0.15, -0.1) is 0 Å². The van der Waals surface area contributed by atoms with Crippen LogP contribution in [0, 0.1) is 13.8 Å². The van der Waals surface area contributed by atoms with Gasteiger partial charge >= 0.3 is 16.8 Å². The van der Waals surface area contributed by atoms with E-state index in [2.05, 4.69) is 65.8 Å². The zero-order valence-electron chi connectivity index (χ0n) is 21.5. The van der Waals surface area contributed by atoms with E-state index in [1.54, 1.807) is 0 Å². The monoisotopic (exact) mass is 554 g/mol. The molecule has 6 heteroatoms. The third kappa shape index (κ3) is 8.57. The van der Waals surface area contributed by atoms with Crippen LogP contribution < -0.4 is 24.8 Å². The molecule has 0 amide bonds. The number of nitrogens with zero attached hydrogens (tertiary/aromatic N) is 3. The van der Waals surface area contributed by atoms with E-state index in [0.717, 1.165) is 48.4 Å². The summed E-state index contributed by atoms with van der Waals surface area (Å²) in [6.07, 6.45) is 7.63. The number of pyridine rings is 1. The fourth-order valence-electron chi connectivity index (χ4n) is 4.15. The van der Waals surface area contributed by atoms with Crippen LogP contribution in [0.2, 0.25) is 0 Å². The van der Waals surface area contributed by atoms with Gasteiger partial charge < -0.3 is 24.8 Å². The Morgan fingerprint density at radius 2 is 0.943 bits per heavy atom. The summed E-state index contributed by atoms with van der Waals surface area (Å²) in [5.74, 6) is 0. The molecule has 0 N–H and O–H groups in total. The van der Waals surface area contributed by atoms with Crippen LogP contribution in [-0.4, -0.2) is 17.4 Å². The van der Waals surface area contributed by atoms with Gasteiger partial charge in [-0.25, -0.2) is 4.98 Å². The van der Waals surface area contributed by atoms with Crippen LogP contribution in [0.1, 0.15) is 72.5 Å². The molecule has 0 aliphatic heterocycles. The Hall–Kier alpha value is -1.98. The molecule has 0 saturated carbocycles. The largest absolute Gasteiger partial charge is 2.00 e. The minimum atomic E-state index is 0. The maximum Gasteiger partial charge on any atom is 2.00 e. The predicted octanol–water partition coefficient (Wildman–Crippen LogP) is 1.45. The summed E-state index contributed by atoms with van der Waals surface area (Å²) in [4.78, 5) is 14.5. The molecule has 189 valence electrons. The molecule has 1 heterocycles. The van der Waals surface area contributed by atoms with E-state index in [1.165, 1.54) is 33.4 Å². The Bertz CT molecular complexity index is 1020. The smallest absolute Gasteiger partial charge is 1.00 e. The zero-order valence-corrected chi connectivity index (χ0v) is 24.0. The van der Waals surface area contributed by atoms with Crippen LogP contribution in [0.3, 0.4) is 0 Å². The van der Waals surface area contributed by atoms with Gasteiger partial charge in [0.1, 0.15) is 0 Å². The van der Waals surface area contributed by atoms with Crippen LogP contribution in [0.25, 0.3) is 0 Å². The van der Waals surface area contributed by atoms with Gasteiger partial charge in [-0.1, -0.05) is 69.2 Å². The molecule has 0 bridgehead atoms. The molecule has 35 heavy (non-hydrogen) atoms. The predicted molar refractivity (Wildman–Crippen MR) is 139 cm³/mol. The maximum atomic E-state index is 4.85. The van der Waals surface area contributed by atoms with E-state index in [9.17, 15) is 0 Å². The third-order valence-corrected chi connectivity index (χ3v) is 5.79. The van der Waals surface area contributed by atoms with E-state index in [-0.39, 0.29) is 41.6 Å². The van der Waals surface area contributed by atoms with Crippen molar-refractivity contribution in [1.82, 2.24) is 4.98 Å². The third-order valence-electron chi connectivity index (χ3n) is 5.79. The van der Waals surface area contributed by atoms with Crippen LogP contribution in [0.5, 0.6) is 0 Å². The van der Waals surface area contributed by atoms with Crippen LogP contribution in [-0.2, 0) is 42.5 Å². The fourth-order valence-corrected chi connectivity index (χ4v) is 4.15. The normalized spacial score (nSPS) is 10.7. The molecule has 2 aromatic carbocycles. The molecule has 3 rings (SSSR count). The number of aromatic nitrogens is 1. The Labute approximate surface area is 234 Å². The van der Waals surface area contributed by atoms with E-state index in [0.29, 0.717) is 0 Å². The first kappa shape index (κ1) is 33.0. The average Bonchev–Trinajstić information content (AvgIpc) is 2.81. The molecule has 3 aromatic rings. The summed E-state index contributed by atoms with van der Waals surface area (Å²) >= 11 is 0. The van der Waals surface area contributed by atoms with E-state index >= 15 is 0 Å². The first-order valence-electron chi connectivity index (χ1n) is 11.8. The summed E-state index contributed by atoms with van der Waals surface area (Å²) < 4.78 is 0. The molecule has 0 fully saturated rings. The number of aryl methyl sites for hydroxylation is 6. The summed E-state index contributed by atoms with van der Waals surface area (Å²) in [5.41, 5.74) is 11.6. The first-order valence-corrected chi connectivity index (χ1v) is 11.8. The zero-order chi connectivity index (χ0) is 23.1. The number of aliphatic imine (C=N–C) groups is 2. The summed E-state index contributed by atoms with van der Waals surface area (Å²) in [7, 11) is 0. The molecule has 0 aliphatic carbocycles. The number of halogens is 2. The van der Waals surface area contributed by atoms with Crippen LogP contribution in [0.4, 0.5) is 11.4 Å². The Morgan fingerprint density at radius 3 is 1.23 bits per heavy atom. The van der Waals surface area contributed by atoms with Crippen LogP contribution >= 0.6 is 0 Å². The fraction of sp³-hybridized carbons (Fsp3) is 0.345. The molecule has 0 saturated heterocycles. The Morgan fingerprint density at radius 1 is 0.629 bits per heavy atom. The number of hydrogen-bond acceptors (Lipinski definition) is 3. The number of hydrogen-bond donors (Lipinski definition) is 0. The Kier molecular flexibility index (Phi) is 15.0. The van der Waals surface area contributed by atoms with Crippen molar-refractivity contribution in [2.24, 2.45) is 9.98 Å². The van der Waals surface area contributed by atoms with Crippen molar-refractivity contribution < 1.29 is 41.6 Å². The van der Waals surface area contributed by atoms with Gasteiger partial charge in [0.05, 0.1) is 35.2 Å². The molecule has 1 aromatic heterocycles.